The highest BCUT2D eigenvalue weighted by molar-refractivity contribution is 6.20. The van der Waals surface area contributed by atoms with Gasteiger partial charge in [0.1, 0.15) is 0 Å². The Bertz CT molecular complexity index is 1630. The average molecular weight is 503 g/mol. The molecule has 2 nitrogen and oxygen atoms in total. The van der Waals surface area contributed by atoms with Crippen molar-refractivity contribution in [3.8, 4) is 0 Å². The maximum absolute atomic E-state index is 2.43. The molecule has 0 fully saturated rings. The van der Waals surface area contributed by atoms with Crippen molar-refractivity contribution in [1.29, 1.82) is 0 Å². The molecule has 2 aromatic heterocycles. The fourth-order valence-electron chi connectivity index (χ4n) is 6.60. The summed E-state index contributed by atoms with van der Waals surface area (Å²) in [6.07, 6.45) is 12.8. The van der Waals surface area contributed by atoms with Crippen LogP contribution >= 0.6 is 0 Å². The van der Waals surface area contributed by atoms with E-state index < -0.39 is 0 Å². The molecule has 4 aromatic carbocycles. The van der Waals surface area contributed by atoms with Gasteiger partial charge in [-0.2, -0.15) is 0 Å². The van der Waals surface area contributed by atoms with Crippen LogP contribution < -0.4 is 0 Å². The van der Waals surface area contributed by atoms with Gasteiger partial charge in [0.25, 0.3) is 0 Å². The predicted molar refractivity (Wildman–Crippen MR) is 168 cm³/mol. The number of hydrogen-bond donors (Lipinski definition) is 0. The van der Waals surface area contributed by atoms with Crippen molar-refractivity contribution in [2.75, 3.05) is 0 Å². The van der Waals surface area contributed by atoms with Crippen molar-refractivity contribution in [3.63, 3.8) is 0 Å². The van der Waals surface area contributed by atoms with E-state index in [1.807, 2.05) is 0 Å². The normalized spacial score (nSPS) is 12.2. The molecule has 0 spiro atoms. The van der Waals surface area contributed by atoms with Crippen molar-refractivity contribution in [2.24, 2.45) is 14.1 Å². The molecule has 6 aromatic rings. The number of nitrogens with zero attached hydrogens (tertiary/aromatic N) is 2. The van der Waals surface area contributed by atoms with E-state index in [9.17, 15) is 0 Å². The molecule has 2 heteroatoms. The van der Waals surface area contributed by atoms with Crippen LogP contribution in [0.3, 0.4) is 0 Å². The Balaban J connectivity index is 1.43. The SMILES string of the molecule is CCCCCCc1cc2cc3c(ccc4c5cc6cc(CCCCCC)n(C)c6cc5ccc34)cc2n1C. The summed E-state index contributed by atoms with van der Waals surface area (Å²) in [6.45, 7) is 4.57. The second-order valence-corrected chi connectivity index (χ2v) is 11.5. The van der Waals surface area contributed by atoms with Gasteiger partial charge < -0.3 is 9.13 Å². The van der Waals surface area contributed by atoms with Crippen molar-refractivity contribution in [3.05, 3.63) is 72.1 Å². The smallest absolute Gasteiger partial charge is 0.0486 e. The number of rotatable bonds is 10. The van der Waals surface area contributed by atoms with E-state index in [0.717, 1.165) is 0 Å². The predicted octanol–water partition coefficient (Wildman–Crippen LogP) is 10.4. The van der Waals surface area contributed by atoms with Crippen molar-refractivity contribution >= 4 is 54.1 Å². The molecule has 0 N–H and O–H groups in total. The molecule has 0 aliphatic heterocycles. The molecule has 0 saturated carbocycles. The van der Waals surface area contributed by atoms with Crippen LogP contribution in [0.4, 0.5) is 0 Å². The second-order valence-electron chi connectivity index (χ2n) is 11.5. The first-order valence-electron chi connectivity index (χ1n) is 14.9. The first-order valence-corrected chi connectivity index (χ1v) is 14.9. The Labute approximate surface area is 227 Å². The number of aryl methyl sites for hydroxylation is 4. The van der Waals surface area contributed by atoms with E-state index in [0.29, 0.717) is 0 Å². The minimum Gasteiger partial charge on any atom is -0.348 e. The van der Waals surface area contributed by atoms with Crippen molar-refractivity contribution < 1.29 is 0 Å². The van der Waals surface area contributed by atoms with E-state index in [2.05, 4.69) is 97.7 Å². The molecule has 0 atom stereocenters. The maximum Gasteiger partial charge on any atom is 0.0486 e. The van der Waals surface area contributed by atoms with Crippen molar-refractivity contribution in [2.45, 2.75) is 78.1 Å². The molecule has 0 saturated heterocycles. The quantitative estimate of drug-likeness (QED) is 0.130. The largest absolute Gasteiger partial charge is 0.348 e. The highest BCUT2D eigenvalue weighted by atomic mass is 14.9. The summed E-state index contributed by atoms with van der Waals surface area (Å²) >= 11 is 0. The number of aromatic nitrogens is 2. The zero-order valence-corrected chi connectivity index (χ0v) is 23.7. The molecule has 196 valence electrons. The lowest BCUT2D eigenvalue weighted by Gasteiger charge is -2.10. The summed E-state index contributed by atoms with van der Waals surface area (Å²) in [7, 11) is 4.47. The highest BCUT2D eigenvalue weighted by Gasteiger charge is 2.13. The van der Waals surface area contributed by atoms with Crippen LogP contribution in [-0.4, -0.2) is 9.13 Å². The third kappa shape index (κ3) is 4.38. The first kappa shape index (κ1) is 25.0. The van der Waals surface area contributed by atoms with E-state index in [4.69, 9.17) is 0 Å². The molecule has 0 bridgehead atoms. The first-order chi connectivity index (χ1) is 18.6. The second kappa shape index (κ2) is 10.5. The molecule has 6 rings (SSSR count). The Hall–Kier alpha value is -3.26. The Morgan fingerprint density at radius 1 is 0.447 bits per heavy atom. The third-order valence-corrected chi connectivity index (χ3v) is 8.93. The summed E-state index contributed by atoms with van der Waals surface area (Å²) in [5, 5.41) is 10.8. The zero-order chi connectivity index (χ0) is 26.2. The van der Waals surface area contributed by atoms with E-state index in [1.165, 1.54) is 130 Å². The fourth-order valence-corrected chi connectivity index (χ4v) is 6.60. The summed E-state index contributed by atoms with van der Waals surface area (Å²) in [6, 6.07) is 23.9. The lowest BCUT2D eigenvalue weighted by molar-refractivity contribution is 0.651. The molecule has 0 radical (unpaired) electrons. The van der Waals surface area contributed by atoms with Gasteiger partial charge in [-0.15, -0.1) is 0 Å². The number of benzene rings is 4. The molecular weight excluding hydrogens is 460 g/mol. The highest BCUT2D eigenvalue weighted by Crippen LogP contribution is 2.36. The van der Waals surface area contributed by atoms with Crippen LogP contribution in [0.5, 0.6) is 0 Å². The van der Waals surface area contributed by atoms with Gasteiger partial charge in [-0.25, -0.2) is 0 Å². The Morgan fingerprint density at radius 2 is 0.895 bits per heavy atom. The number of fused-ring (bicyclic) bond motifs is 7. The van der Waals surface area contributed by atoms with Gasteiger partial charge in [-0.1, -0.05) is 76.6 Å². The molecule has 0 unspecified atom stereocenters. The van der Waals surface area contributed by atoms with Crippen molar-refractivity contribution in [1.82, 2.24) is 9.13 Å². The zero-order valence-electron chi connectivity index (χ0n) is 23.7. The lowest BCUT2D eigenvalue weighted by Crippen LogP contribution is -1.96. The lowest BCUT2D eigenvalue weighted by atomic mass is 9.95. The standard InChI is InChI=1S/C36H42N2/c1-5-7-9-11-13-29-19-27-21-33-25(23-35(27)37(29)3)15-17-32-31(33)18-16-26-24-36-28(22-34(26)32)20-30(38(36)4)14-12-10-8-6-2/h15-24H,5-14H2,1-4H3. The van der Waals surface area contributed by atoms with Gasteiger partial charge >= 0.3 is 0 Å². The molecule has 0 amide bonds. The maximum atomic E-state index is 2.43. The molecule has 0 aliphatic rings. The third-order valence-electron chi connectivity index (χ3n) is 8.93. The van der Waals surface area contributed by atoms with Gasteiger partial charge in [0.15, 0.2) is 0 Å². The van der Waals surface area contributed by atoms with Crippen LogP contribution in [0.25, 0.3) is 54.1 Å². The minimum absolute atomic E-state index is 1.17. The molecule has 0 aliphatic carbocycles. The Morgan fingerprint density at radius 3 is 1.32 bits per heavy atom. The van der Waals surface area contributed by atoms with Gasteiger partial charge in [0, 0.05) is 47.3 Å². The number of unbranched alkanes of at least 4 members (excludes halogenated alkanes) is 6. The van der Waals surface area contributed by atoms with E-state index in [-0.39, 0.29) is 0 Å². The summed E-state index contributed by atoms with van der Waals surface area (Å²) in [5.74, 6) is 0. The van der Waals surface area contributed by atoms with Gasteiger partial charge in [0.05, 0.1) is 0 Å². The monoisotopic (exact) mass is 502 g/mol. The van der Waals surface area contributed by atoms with Crippen LogP contribution in [0.15, 0.2) is 60.7 Å². The van der Waals surface area contributed by atoms with Gasteiger partial charge in [-0.3, -0.25) is 0 Å². The van der Waals surface area contributed by atoms with Gasteiger partial charge in [0.2, 0.25) is 0 Å². The van der Waals surface area contributed by atoms with Gasteiger partial charge in [-0.05, 0) is 94.4 Å². The molecule has 2 heterocycles. The van der Waals surface area contributed by atoms with Crippen LogP contribution in [-0.2, 0) is 26.9 Å². The number of hydrogen-bond acceptors (Lipinski definition) is 0. The molecular formula is C36H42N2. The fraction of sp³-hybridized carbons (Fsp3) is 0.389. The topological polar surface area (TPSA) is 9.86 Å². The van der Waals surface area contributed by atoms with E-state index in [1.54, 1.807) is 0 Å². The summed E-state index contributed by atoms with van der Waals surface area (Å²) < 4.78 is 4.83. The summed E-state index contributed by atoms with van der Waals surface area (Å²) in [5.41, 5.74) is 5.61. The van der Waals surface area contributed by atoms with E-state index >= 15 is 0 Å². The molecule has 38 heavy (non-hydrogen) atoms. The van der Waals surface area contributed by atoms with Crippen LogP contribution in [0.2, 0.25) is 0 Å². The summed E-state index contributed by atoms with van der Waals surface area (Å²) in [4.78, 5) is 0. The Kier molecular flexibility index (Phi) is 6.91. The van der Waals surface area contributed by atoms with Crippen LogP contribution in [0, 0.1) is 0 Å². The van der Waals surface area contributed by atoms with Crippen LogP contribution in [0.1, 0.15) is 76.6 Å². The average Bonchev–Trinajstić information content (AvgIpc) is 3.41. The minimum atomic E-state index is 1.17.